The lowest BCUT2D eigenvalue weighted by atomic mass is 10.6. The predicted octanol–water partition coefficient (Wildman–Crippen LogP) is 0.661. The van der Waals surface area contributed by atoms with Crippen LogP contribution in [0.2, 0.25) is 0 Å². The highest BCUT2D eigenvalue weighted by atomic mass is 32.2. The fourth-order valence-electron chi connectivity index (χ4n) is 0.293. The molecule has 0 aromatic rings. The molecule has 3 heteroatoms. The van der Waals surface area contributed by atoms with Crippen LogP contribution in [0.25, 0.3) is 0 Å². The number of hydrogen-bond acceptors (Lipinski definition) is 3. The van der Waals surface area contributed by atoms with Crippen molar-refractivity contribution in [2.75, 3.05) is 0 Å². The third-order valence-corrected chi connectivity index (χ3v) is 1.79. The topological polar surface area (TPSA) is 52.0 Å². The molecule has 0 saturated carbocycles. The minimum Gasteiger partial charge on any atom is -0.316 e. The van der Waals surface area contributed by atoms with Crippen LogP contribution in [0.15, 0.2) is 25.3 Å². The molecule has 4 N–H and O–H groups in total. The molecule has 0 rings (SSSR count). The number of nitrogens with two attached hydrogens (primary N) is 2. The van der Waals surface area contributed by atoms with Crippen molar-refractivity contribution in [3.63, 3.8) is 0 Å². The molecular formula is C6H12N2S. The van der Waals surface area contributed by atoms with Crippen molar-refractivity contribution in [3.05, 3.63) is 25.3 Å². The van der Waals surface area contributed by atoms with Crippen molar-refractivity contribution < 1.29 is 0 Å². The molecule has 0 amide bonds. The highest BCUT2D eigenvalue weighted by molar-refractivity contribution is 8.00. The molecule has 0 spiro atoms. The maximum Gasteiger partial charge on any atom is 0.0710 e. The van der Waals surface area contributed by atoms with Crippen LogP contribution < -0.4 is 11.5 Å². The Bertz CT molecular complexity index is 91.2. The van der Waals surface area contributed by atoms with E-state index in [1.807, 2.05) is 0 Å². The van der Waals surface area contributed by atoms with E-state index < -0.39 is 0 Å². The quantitative estimate of drug-likeness (QED) is 0.450. The molecule has 0 aromatic heterocycles. The Labute approximate surface area is 60.0 Å². The molecule has 9 heavy (non-hydrogen) atoms. The zero-order valence-electron chi connectivity index (χ0n) is 5.29. The summed E-state index contributed by atoms with van der Waals surface area (Å²) < 4.78 is 0. The first-order chi connectivity index (χ1) is 4.20. The minimum atomic E-state index is -0.0852. The summed E-state index contributed by atoms with van der Waals surface area (Å²) in [5.74, 6) is 0. The third-order valence-electron chi connectivity index (χ3n) is 0.779. The standard InChI is InChI=1S/C6H12N2S/c1-3-5(7)9-6(8)4-2/h3-6H,1-2,7-8H2. The van der Waals surface area contributed by atoms with Gasteiger partial charge in [-0.2, -0.15) is 0 Å². The predicted molar refractivity (Wildman–Crippen MR) is 43.9 cm³/mol. The second kappa shape index (κ2) is 4.61. The molecular weight excluding hydrogens is 132 g/mol. The second-order valence-corrected chi connectivity index (χ2v) is 2.90. The Morgan fingerprint density at radius 3 is 1.67 bits per heavy atom. The maximum atomic E-state index is 5.47. The molecule has 0 aromatic carbocycles. The van der Waals surface area contributed by atoms with E-state index in [4.69, 9.17) is 11.5 Å². The molecule has 2 atom stereocenters. The minimum absolute atomic E-state index is 0.0852. The van der Waals surface area contributed by atoms with Crippen molar-refractivity contribution >= 4 is 11.8 Å². The lowest BCUT2D eigenvalue weighted by Crippen LogP contribution is -2.21. The SMILES string of the molecule is C=CC(N)SC(N)C=C. The molecule has 0 radical (unpaired) electrons. The highest BCUT2D eigenvalue weighted by Gasteiger charge is 2.00. The first kappa shape index (κ1) is 8.75. The molecule has 2 unspecified atom stereocenters. The zero-order chi connectivity index (χ0) is 7.28. The fraction of sp³-hybridized carbons (Fsp3) is 0.333. The van der Waals surface area contributed by atoms with Crippen LogP contribution in [0, 0.1) is 0 Å². The average molecular weight is 144 g/mol. The van der Waals surface area contributed by atoms with Crippen molar-refractivity contribution in [1.29, 1.82) is 0 Å². The van der Waals surface area contributed by atoms with Gasteiger partial charge in [0.05, 0.1) is 10.7 Å². The van der Waals surface area contributed by atoms with Crippen molar-refractivity contribution in [1.82, 2.24) is 0 Å². The van der Waals surface area contributed by atoms with Gasteiger partial charge in [0.2, 0.25) is 0 Å². The molecule has 0 aliphatic heterocycles. The van der Waals surface area contributed by atoms with E-state index in [0.29, 0.717) is 0 Å². The Balaban J connectivity index is 3.45. The first-order valence-corrected chi connectivity index (χ1v) is 3.56. The molecule has 0 aliphatic carbocycles. The zero-order valence-corrected chi connectivity index (χ0v) is 6.10. The van der Waals surface area contributed by atoms with E-state index in [0.717, 1.165) is 0 Å². The summed E-state index contributed by atoms with van der Waals surface area (Å²) in [6.45, 7) is 7.02. The van der Waals surface area contributed by atoms with E-state index in [9.17, 15) is 0 Å². The van der Waals surface area contributed by atoms with Gasteiger partial charge in [-0.3, -0.25) is 0 Å². The molecule has 0 heterocycles. The molecule has 0 bridgehead atoms. The van der Waals surface area contributed by atoms with Gasteiger partial charge in [-0.15, -0.1) is 24.9 Å². The fourth-order valence-corrected chi connectivity index (χ4v) is 0.878. The van der Waals surface area contributed by atoms with Gasteiger partial charge >= 0.3 is 0 Å². The van der Waals surface area contributed by atoms with Gasteiger partial charge < -0.3 is 11.5 Å². The van der Waals surface area contributed by atoms with Crippen LogP contribution in [0.1, 0.15) is 0 Å². The molecule has 0 fully saturated rings. The number of rotatable bonds is 4. The summed E-state index contributed by atoms with van der Waals surface area (Å²) in [5, 5.41) is -0.170. The van der Waals surface area contributed by atoms with Crippen LogP contribution >= 0.6 is 11.8 Å². The van der Waals surface area contributed by atoms with E-state index in [2.05, 4.69) is 13.2 Å². The average Bonchev–Trinajstić information content (AvgIpc) is 1.87. The van der Waals surface area contributed by atoms with Crippen LogP contribution in [0.5, 0.6) is 0 Å². The molecule has 52 valence electrons. The van der Waals surface area contributed by atoms with E-state index >= 15 is 0 Å². The van der Waals surface area contributed by atoms with E-state index in [1.54, 1.807) is 12.2 Å². The summed E-state index contributed by atoms with van der Waals surface area (Å²) in [7, 11) is 0. The molecule has 0 saturated heterocycles. The van der Waals surface area contributed by atoms with Crippen molar-refractivity contribution in [2.24, 2.45) is 11.5 Å². The molecule has 0 aliphatic rings. The smallest absolute Gasteiger partial charge is 0.0710 e. The van der Waals surface area contributed by atoms with Crippen LogP contribution in [-0.2, 0) is 0 Å². The largest absolute Gasteiger partial charge is 0.316 e. The summed E-state index contributed by atoms with van der Waals surface area (Å²) in [6, 6.07) is 0. The van der Waals surface area contributed by atoms with Crippen LogP contribution in [-0.4, -0.2) is 10.7 Å². The third kappa shape index (κ3) is 4.27. The summed E-state index contributed by atoms with van der Waals surface area (Å²) in [4.78, 5) is 0. The van der Waals surface area contributed by atoms with Crippen molar-refractivity contribution in [3.8, 4) is 0 Å². The Morgan fingerprint density at radius 2 is 1.44 bits per heavy atom. The normalized spacial score (nSPS) is 16.2. The van der Waals surface area contributed by atoms with Gasteiger partial charge in [0.25, 0.3) is 0 Å². The Hall–Kier alpha value is -0.250. The van der Waals surface area contributed by atoms with Gasteiger partial charge in [0.15, 0.2) is 0 Å². The van der Waals surface area contributed by atoms with Crippen molar-refractivity contribution in [2.45, 2.75) is 10.7 Å². The van der Waals surface area contributed by atoms with E-state index in [-0.39, 0.29) is 10.7 Å². The first-order valence-electron chi connectivity index (χ1n) is 2.62. The van der Waals surface area contributed by atoms with Crippen LogP contribution in [0.4, 0.5) is 0 Å². The maximum absolute atomic E-state index is 5.47. The monoisotopic (exact) mass is 144 g/mol. The lowest BCUT2D eigenvalue weighted by molar-refractivity contribution is 1.11. The Kier molecular flexibility index (Phi) is 4.48. The summed E-state index contributed by atoms with van der Waals surface area (Å²) in [6.07, 6.45) is 3.29. The number of thioether (sulfide) groups is 1. The van der Waals surface area contributed by atoms with Gasteiger partial charge in [0, 0.05) is 0 Å². The van der Waals surface area contributed by atoms with Gasteiger partial charge in [-0.25, -0.2) is 0 Å². The number of hydrogen-bond donors (Lipinski definition) is 2. The highest BCUT2D eigenvalue weighted by Crippen LogP contribution is 2.10. The Morgan fingerprint density at radius 1 is 1.11 bits per heavy atom. The molecule has 2 nitrogen and oxygen atoms in total. The van der Waals surface area contributed by atoms with E-state index in [1.165, 1.54) is 11.8 Å². The second-order valence-electron chi connectivity index (χ2n) is 1.54. The van der Waals surface area contributed by atoms with Gasteiger partial charge in [-0.1, -0.05) is 12.2 Å². The van der Waals surface area contributed by atoms with Gasteiger partial charge in [0.1, 0.15) is 0 Å². The van der Waals surface area contributed by atoms with Gasteiger partial charge in [-0.05, 0) is 0 Å². The van der Waals surface area contributed by atoms with Crippen LogP contribution in [0.3, 0.4) is 0 Å². The summed E-state index contributed by atoms with van der Waals surface area (Å²) >= 11 is 1.42. The lowest BCUT2D eigenvalue weighted by Gasteiger charge is -2.08. The summed E-state index contributed by atoms with van der Waals surface area (Å²) in [5.41, 5.74) is 10.9.